The van der Waals surface area contributed by atoms with Crippen LogP contribution in [0.5, 0.6) is 0 Å². The van der Waals surface area contributed by atoms with Crippen LogP contribution in [0.2, 0.25) is 0 Å². The highest BCUT2D eigenvalue weighted by Crippen LogP contribution is 2.16. The number of aromatic nitrogens is 3. The lowest BCUT2D eigenvalue weighted by atomic mass is 10.2. The molecule has 148 valence electrons. The van der Waals surface area contributed by atoms with E-state index < -0.39 is 0 Å². The first kappa shape index (κ1) is 19.4. The van der Waals surface area contributed by atoms with Crippen LogP contribution in [0.4, 0.5) is 0 Å². The quantitative estimate of drug-likeness (QED) is 0.413. The van der Waals surface area contributed by atoms with E-state index in [2.05, 4.69) is 58.5 Å². The van der Waals surface area contributed by atoms with E-state index in [9.17, 15) is 0 Å². The molecule has 0 unspecified atom stereocenters. The largest absolute Gasteiger partial charge is 0.380 e. The van der Waals surface area contributed by atoms with Crippen LogP contribution in [-0.2, 0) is 26.6 Å². The van der Waals surface area contributed by atoms with Crippen molar-refractivity contribution in [2.24, 2.45) is 7.05 Å². The molecule has 0 saturated carbocycles. The number of thiazole rings is 1. The zero-order valence-electron chi connectivity index (χ0n) is 16.6. The molecule has 0 spiro atoms. The van der Waals surface area contributed by atoms with E-state index >= 15 is 0 Å². The van der Waals surface area contributed by atoms with Gasteiger partial charge >= 0.3 is 0 Å². The van der Waals surface area contributed by atoms with Crippen LogP contribution in [0.25, 0.3) is 16.7 Å². The van der Waals surface area contributed by atoms with Gasteiger partial charge in [0.05, 0.1) is 34.0 Å². The molecule has 0 aliphatic carbocycles. The fraction of sp³-hybridized carbons (Fsp3) is 0.217. The first-order valence-electron chi connectivity index (χ1n) is 9.73. The maximum Gasteiger partial charge on any atom is 0.123 e. The lowest BCUT2D eigenvalue weighted by Gasteiger charge is -2.07. The second kappa shape index (κ2) is 9.03. The van der Waals surface area contributed by atoms with Crippen LogP contribution in [0.1, 0.15) is 22.1 Å². The zero-order valence-corrected chi connectivity index (χ0v) is 17.4. The topological polar surface area (TPSA) is 54.8 Å². The predicted molar refractivity (Wildman–Crippen MR) is 121 cm³/mol. The van der Waals surface area contributed by atoms with Crippen molar-refractivity contribution in [3.05, 3.63) is 88.6 Å². The van der Waals surface area contributed by atoms with E-state index in [1.165, 1.54) is 5.56 Å². The molecule has 2 aromatic heterocycles. The van der Waals surface area contributed by atoms with Gasteiger partial charge in [-0.1, -0.05) is 49.0 Å². The Labute approximate surface area is 175 Å². The number of nitrogens with zero attached hydrogens (tertiary/aromatic N) is 3. The summed E-state index contributed by atoms with van der Waals surface area (Å²) in [6, 6.07) is 18.5. The van der Waals surface area contributed by atoms with E-state index in [-0.39, 0.29) is 0 Å². The molecule has 0 aliphatic rings. The minimum atomic E-state index is 0.745. The Hall–Kier alpha value is -2.96. The molecule has 2 heterocycles. The van der Waals surface area contributed by atoms with Gasteiger partial charge in [0.1, 0.15) is 5.82 Å². The number of para-hydroxylation sites is 2. The molecule has 0 bridgehead atoms. The van der Waals surface area contributed by atoms with Gasteiger partial charge in [-0.3, -0.25) is 0 Å². The van der Waals surface area contributed by atoms with Crippen molar-refractivity contribution in [1.29, 1.82) is 0 Å². The summed E-state index contributed by atoms with van der Waals surface area (Å²) in [7, 11) is 2.06. The van der Waals surface area contributed by atoms with Gasteiger partial charge in [-0.2, -0.15) is 0 Å². The van der Waals surface area contributed by atoms with Crippen molar-refractivity contribution in [2.45, 2.75) is 19.5 Å². The molecule has 4 aromatic rings. The maximum atomic E-state index is 4.71. The van der Waals surface area contributed by atoms with Gasteiger partial charge in [-0.25, -0.2) is 9.97 Å². The molecule has 2 aromatic carbocycles. The number of fused-ring (bicyclic) bond motifs is 1. The standard InChI is InChI=1S/C23H25N5S/c1-17(25-14-18-8-4-3-5-9-18)20-16-29-23(27-20)12-13-24-15-22-26-19-10-6-7-11-21(19)28(22)2/h3-11,16,24-25H,1,12-15H2,2H3. The van der Waals surface area contributed by atoms with Gasteiger partial charge in [-0.15, -0.1) is 11.3 Å². The summed E-state index contributed by atoms with van der Waals surface area (Å²) < 4.78 is 2.15. The van der Waals surface area contributed by atoms with Crippen LogP contribution in [0.15, 0.2) is 66.6 Å². The minimum Gasteiger partial charge on any atom is -0.380 e. The van der Waals surface area contributed by atoms with Gasteiger partial charge in [0.15, 0.2) is 0 Å². The van der Waals surface area contributed by atoms with Crippen LogP contribution in [-0.4, -0.2) is 21.1 Å². The highest BCUT2D eigenvalue weighted by Gasteiger charge is 2.08. The third-order valence-corrected chi connectivity index (χ3v) is 5.80. The summed E-state index contributed by atoms with van der Waals surface area (Å²) in [4.78, 5) is 9.41. The molecule has 0 radical (unpaired) electrons. The van der Waals surface area contributed by atoms with Crippen LogP contribution in [0.3, 0.4) is 0 Å². The third kappa shape index (κ3) is 4.72. The van der Waals surface area contributed by atoms with E-state index in [1.54, 1.807) is 11.3 Å². The minimum absolute atomic E-state index is 0.745. The van der Waals surface area contributed by atoms with E-state index in [0.29, 0.717) is 0 Å². The van der Waals surface area contributed by atoms with Crippen LogP contribution < -0.4 is 10.6 Å². The van der Waals surface area contributed by atoms with Crippen molar-refractivity contribution >= 4 is 28.1 Å². The van der Waals surface area contributed by atoms with Crippen LogP contribution in [0, 0.1) is 0 Å². The molecule has 6 heteroatoms. The number of hydrogen-bond acceptors (Lipinski definition) is 5. The molecule has 4 rings (SSSR count). The molecular formula is C23H25N5S. The Morgan fingerprint density at radius 1 is 1.03 bits per heavy atom. The van der Waals surface area contributed by atoms with Gasteiger partial charge in [0, 0.05) is 31.9 Å². The normalized spacial score (nSPS) is 11.1. The second-order valence-corrected chi connectivity index (χ2v) is 7.89. The molecule has 0 atom stereocenters. The first-order valence-corrected chi connectivity index (χ1v) is 10.6. The third-order valence-electron chi connectivity index (χ3n) is 4.89. The molecule has 0 fully saturated rings. The number of imidazole rings is 1. The SMILES string of the molecule is C=C(NCc1ccccc1)c1csc(CCNCc2nc3ccccc3n2C)n1. The Balaban J connectivity index is 1.25. The fourth-order valence-corrected chi connectivity index (χ4v) is 4.02. The summed E-state index contributed by atoms with van der Waals surface area (Å²) in [5.41, 5.74) is 5.23. The Morgan fingerprint density at radius 3 is 2.66 bits per heavy atom. The molecular weight excluding hydrogens is 378 g/mol. The molecule has 2 N–H and O–H groups in total. The van der Waals surface area contributed by atoms with Crippen molar-refractivity contribution < 1.29 is 0 Å². The monoisotopic (exact) mass is 403 g/mol. The Morgan fingerprint density at radius 2 is 1.83 bits per heavy atom. The highest BCUT2D eigenvalue weighted by atomic mass is 32.1. The van der Waals surface area contributed by atoms with Crippen molar-refractivity contribution in [3.8, 4) is 0 Å². The molecule has 0 amide bonds. The number of nitrogens with one attached hydrogen (secondary N) is 2. The van der Waals surface area contributed by atoms with Crippen LogP contribution >= 0.6 is 11.3 Å². The summed E-state index contributed by atoms with van der Waals surface area (Å²) in [5.74, 6) is 1.05. The lowest BCUT2D eigenvalue weighted by Crippen LogP contribution is -2.19. The molecule has 29 heavy (non-hydrogen) atoms. The summed E-state index contributed by atoms with van der Waals surface area (Å²) in [6.45, 7) is 6.49. The van der Waals surface area contributed by atoms with E-state index in [0.717, 1.165) is 59.3 Å². The van der Waals surface area contributed by atoms with E-state index in [1.807, 2.05) is 30.3 Å². The molecule has 0 aliphatic heterocycles. The number of rotatable bonds is 9. The average molecular weight is 404 g/mol. The van der Waals surface area contributed by atoms with Gasteiger partial charge < -0.3 is 15.2 Å². The smallest absolute Gasteiger partial charge is 0.123 e. The van der Waals surface area contributed by atoms with Crippen molar-refractivity contribution in [3.63, 3.8) is 0 Å². The fourth-order valence-electron chi connectivity index (χ4n) is 3.21. The number of benzene rings is 2. The molecule has 0 saturated heterocycles. The average Bonchev–Trinajstić information content (AvgIpc) is 3.35. The highest BCUT2D eigenvalue weighted by molar-refractivity contribution is 7.09. The maximum absolute atomic E-state index is 4.71. The van der Waals surface area contributed by atoms with Gasteiger partial charge in [-0.05, 0) is 17.7 Å². The molecule has 5 nitrogen and oxygen atoms in total. The summed E-state index contributed by atoms with van der Waals surface area (Å²) in [5, 5.41) is 10.0. The second-order valence-electron chi connectivity index (χ2n) is 6.95. The van der Waals surface area contributed by atoms with Gasteiger partial charge in [0.25, 0.3) is 0 Å². The Bertz CT molecular complexity index is 1100. The van der Waals surface area contributed by atoms with Crippen molar-refractivity contribution in [2.75, 3.05) is 6.54 Å². The summed E-state index contributed by atoms with van der Waals surface area (Å²) in [6.07, 6.45) is 0.889. The zero-order chi connectivity index (χ0) is 20.1. The van der Waals surface area contributed by atoms with Crippen molar-refractivity contribution in [1.82, 2.24) is 25.2 Å². The lowest BCUT2D eigenvalue weighted by molar-refractivity contribution is 0.641. The summed E-state index contributed by atoms with van der Waals surface area (Å²) >= 11 is 1.68. The first-order chi connectivity index (χ1) is 14.2. The predicted octanol–water partition coefficient (Wildman–Crippen LogP) is 4.12. The Kier molecular flexibility index (Phi) is 6.03. The number of hydrogen-bond donors (Lipinski definition) is 2. The van der Waals surface area contributed by atoms with E-state index in [4.69, 9.17) is 9.97 Å². The number of aryl methyl sites for hydroxylation is 1. The van der Waals surface area contributed by atoms with Gasteiger partial charge in [0.2, 0.25) is 0 Å².